The van der Waals surface area contributed by atoms with E-state index in [1.165, 1.54) is 4.90 Å². The topological polar surface area (TPSA) is 82.1 Å². The van der Waals surface area contributed by atoms with E-state index in [4.69, 9.17) is 14.2 Å². The van der Waals surface area contributed by atoms with Crippen molar-refractivity contribution < 1.29 is 28.6 Å². The van der Waals surface area contributed by atoms with Gasteiger partial charge in [0.25, 0.3) is 0 Å². The van der Waals surface area contributed by atoms with Gasteiger partial charge in [0, 0.05) is 12.3 Å². The lowest BCUT2D eigenvalue weighted by molar-refractivity contribution is -0.171. The molecule has 7 heteroatoms. The highest BCUT2D eigenvalue weighted by atomic mass is 16.5. The van der Waals surface area contributed by atoms with Gasteiger partial charge in [0.15, 0.2) is 0 Å². The second kappa shape index (κ2) is 9.93. The molecule has 2 bridgehead atoms. The molecule has 0 aromatic heterocycles. The van der Waals surface area contributed by atoms with Crippen molar-refractivity contribution in [2.75, 3.05) is 25.7 Å². The zero-order chi connectivity index (χ0) is 27.2. The molecule has 0 spiro atoms. The van der Waals surface area contributed by atoms with Crippen LogP contribution >= 0.6 is 0 Å². The number of fused-ring (bicyclic) bond motifs is 2. The molecule has 5 atom stereocenters. The zero-order valence-electron chi connectivity index (χ0n) is 22.5. The number of rotatable bonds is 8. The van der Waals surface area contributed by atoms with Crippen LogP contribution in [0.5, 0.6) is 11.5 Å². The summed E-state index contributed by atoms with van der Waals surface area (Å²) in [4.78, 5) is 43.3. The molecule has 2 aliphatic carbocycles. The van der Waals surface area contributed by atoms with E-state index < -0.39 is 17.3 Å². The van der Waals surface area contributed by atoms with Gasteiger partial charge in [-0.05, 0) is 85.2 Å². The Hall–Kier alpha value is -3.61. The number of carbonyl (C=O) groups is 3. The molecule has 1 saturated carbocycles. The first kappa shape index (κ1) is 26.0. The Labute approximate surface area is 223 Å². The van der Waals surface area contributed by atoms with Gasteiger partial charge in [-0.25, -0.2) is 4.90 Å². The minimum Gasteiger partial charge on any atom is -0.497 e. The third-order valence-corrected chi connectivity index (χ3v) is 8.49. The van der Waals surface area contributed by atoms with Crippen LogP contribution in [0.3, 0.4) is 0 Å². The maximum Gasteiger partial charge on any atom is 0.310 e. The molecule has 1 radical (unpaired) electrons. The molecule has 0 N–H and O–H groups in total. The van der Waals surface area contributed by atoms with E-state index in [-0.39, 0.29) is 42.6 Å². The number of benzene rings is 2. The number of allylic oxidation sites excluding steroid dienone is 2. The minimum absolute atomic E-state index is 0.223. The van der Waals surface area contributed by atoms with Crippen molar-refractivity contribution >= 4 is 29.0 Å². The van der Waals surface area contributed by atoms with Gasteiger partial charge in [0.2, 0.25) is 11.8 Å². The van der Waals surface area contributed by atoms with Crippen LogP contribution in [0, 0.1) is 29.6 Å². The zero-order valence-corrected chi connectivity index (χ0v) is 22.5. The summed E-state index contributed by atoms with van der Waals surface area (Å²) >= 11 is 0. The van der Waals surface area contributed by atoms with Crippen LogP contribution in [-0.2, 0) is 19.1 Å². The van der Waals surface area contributed by atoms with Crippen molar-refractivity contribution in [1.29, 1.82) is 0 Å². The van der Waals surface area contributed by atoms with Crippen molar-refractivity contribution in [2.24, 2.45) is 23.2 Å². The number of nitrogens with zero attached hydrogens (tertiary/aromatic N) is 1. The normalized spacial score (nSPS) is 28.0. The number of esters is 1. The Morgan fingerprint density at radius 3 is 2.26 bits per heavy atom. The molecule has 1 heterocycles. The molecule has 5 rings (SSSR count). The fourth-order valence-electron chi connectivity index (χ4n) is 6.68. The smallest absolute Gasteiger partial charge is 0.310 e. The SMILES string of the molecule is CCOC(=O)[C@@H]1[C@@H](CC)[C@H](c2ccc(OC)cc2C2=C[CH]2)C2C[C@]1(C)C(=O)N(c1ccc(OC)cc1)C2=O. The molecule has 1 saturated heterocycles. The third-order valence-electron chi connectivity index (χ3n) is 8.49. The van der Waals surface area contributed by atoms with Gasteiger partial charge in [-0.15, -0.1) is 0 Å². The van der Waals surface area contributed by atoms with Crippen molar-refractivity contribution in [3.8, 4) is 11.5 Å². The van der Waals surface area contributed by atoms with E-state index in [9.17, 15) is 14.4 Å². The fraction of sp³-hybridized carbons (Fsp3) is 0.419. The van der Waals surface area contributed by atoms with Crippen molar-refractivity contribution in [1.82, 2.24) is 0 Å². The van der Waals surface area contributed by atoms with Crippen LogP contribution < -0.4 is 14.4 Å². The van der Waals surface area contributed by atoms with Crippen LogP contribution in [0.15, 0.2) is 48.5 Å². The molecule has 199 valence electrons. The van der Waals surface area contributed by atoms with E-state index >= 15 is 0 Å². The Kier molecular flexibility index (Phi) is 6.80. The summed E-state index contributed by atoms with van der Waals surface area (Å²) < 4.78 is 16.4. The summed E-state index contributed by atoms with van der Waals surface area (Å²) in [6.07, 6.45) is 4.98. The maximum absolute atomic E-state index is 14.2. The van der Waals surface area contributed by atoms with Gasteiger partial charge in [-0.1, -0.05) is 25.5 Å². The molecular formula is C31H34NO6. The van der Waals surface area contributed by atoms with Crippen LogP contribution in [-0.4, -0.2) is 38.6 Å². The minimum atomic E-state index is -1.08. The van der Waals surface area contributed by atoms with Gasteiger partial charge in [0.05, 0.1) is 37.8 Å². The van der Waals surface area contributed by atoms with Gasteiger partial charge in [-0.3, -0.25) is 14.4 Å². The lowest BCUT2D eigenvalue weighted by Gasteiger charge is -2.55. The van der Waals surface area contributed by atoms with Crippen molar-refractivity contribution in [3.05, 3.63) is 66.1 Å². The molecule has 7 nitrogen and oxygen atoms in total. The first-order valence-corrected chi connectivity index (χ1v) is 13.2. The van der Waals surface area contributed by atoms with E-state index in [1.54, 1.807) is 45.4 Å². The molecule has 1 aliphatic heterocycles. The highest BCUT2D eigenvalue weighted by Crippen LogP contribution is 2.60. The van der Waals surface area contributed by atoms with E-state index in [1.807, 2.05) is 44.5 Å². The number of ether oxygens (including phenoxy) is 3. The van der Waals surface area contributed by atoms with Crippen molar-refractivity contribution in [2.45, 2.75) is 39.5 Å². The molecule has 2 fully saturated rings. The lowest BCUT2D eigenvalue weighted by Crippen LogP contribution is -2.65. The summed E-state index contributed by atoms with van der Waals surface area (Å²) in [5.74, 6) is -1.33. The summed E-state index contributed by atoms with van der Waals surface area (Å²) in [5.41, 5.74) is 2.47. The highest BCUT2D eigenvalue weighted by Gasteiger charge is 2.64. The lowest BCUT2D eigenvalue weighted by atomic mass is 9.50. The summed E-state index contributed by atoms with van der Waals surface area (Å²) in [7, 11) is 3.20. The summed E-state index contributed by atoms with van der Waals surface area (Å²) in [6, 6.07) is 12.8. The Bertz CT molecular complexity index is 1300. The maximum atomic E-state index is 14.2. The predicted molar refractivity (Wildman–Crippen MR) is 144 cm³/mol. The number of methoxy groups -OCH3 is 2. The van der Waals surface area contributed by atoms with Crippen LogP contribution in [0.25, 0.3) is 5.57 Å². The van der Waals surface area contributed by atoms with Crippen LogP contribution in [0.4, 0.5) is 5.69 Å². The quantitative estimate of drug-likeness (QED) is 0.355. The number of hydrogen-bond donors (Lipinski definition) is 0. The molecule has 38 heavy (non-hydrogen) atoms. The number of piperidine rings is 1. The van der Waals surface area contributed by atoms with Crippen LogP contribution in [0.1, 0.15) is 50.7 Å². The number of amides is 2. The van der Waals surface area contributed by atoms with Gasteiger partial charge < -0.3 is 14.2 Å². The van der Waals surface area contributed by atoms with E-state index in [0.717, 1.165) is 22.4 Å². The largest absolute Gasteiger partial charge is 0.497 e. The summed E-state index contributed by atoms with van der Waals surface area (Å²) in [6.45, 7) is 5.85. The van der Waals surface area contributed by atoms with E-state index in [2.05, 4.69) is 0 Å². The average Bonchev–Trinajstić information content (AvgIpc) is 3.77. The third kappa shape index (κ3) is 4.08. The summed E-state index contributed by atoms with van der Waals surface area (Å²) in [5, 5.41) is 0. The molecular weight excluding hydrogens is 482 g/mol. The number of carbonyl (C=O) groups excluding carboxylic acids is 3. The fourth-order valence-corrected chi connectivity index (χ4v) is 6.68. The first-order valence-electron chi connectivity index (χ1n) is 13.2. The molecule has 2 aromatic rings. The molecule has 1 unspecified atom stereocenters. The first-order chi connectivity index (χ1) is 18.3. The average molecular weight is 517 g/mol. The molecule has 3 aliphatic rings. The predicted octanol–water partition coefficient (Wildman–Crippen LogP) is 5.19. The van der Waals surface area contributed by atoms with Gasteiger partial charge in [0.1, 0.15) is 11.5 Å². The monoisotopic (exact) mass is 516 g/mol. The standard InChI is InChI=1S/C31H34NO6/c1-6-22-26(23-15-14-21(37-5)16-24(23)18-8-9-18)25-17-31(3,27(22)29(34)38-7-2)30(35)32(28(25)33)19-10-12-20(36-4)13-11-19/h8-16,22,25-27H,6-7,17H2,1-5H3/t22-,25?,26+,27-,31-/m0/s1. The number of hydrogen-bond acceptors (Lipinski definition) is 6. The highest BCUT2D eigenvalue weighted by molar-refractivity contribution is 6.20. The van der Waals surface area contributed by atoms with E-state index in [0.29, 0.717) is 17.9 Å². The molecule has 2 aromatic carbocycles. The number of anilines is 1. The van der Waals surface area contributed by atoms with Crippen LogP contribution in [0.2, 0.25) is 0 Å². The Balaban J connectivity index is 1.69. The second-order valence-corrected chi connectivity index (χ2v) is 10.5. The Morgan fingerprint density at radius 1 is 1.03 bits per heavy atom. The second-order valence-electron chi connectivity index (χ2n) is 10.5. The van der Waals surface area contributed by atoms with Gasteiger partial charge >= 0.3 is 5.97 Å². The number of imide groups is 1. The Morgan fingerprint density at radius 2 is 1.68 bits per heavy atom. The molecule has 2 amide bonds. The van der Waals surface area contributed by atoms with Crippen molar-refractivity contribution in [3.63, 3.8) is 0 Å². The van der Waals surface area contributed by atoms with Gasteiger partial charge in [-0.2, -0.15) is 0 Å².